The summed E-state index contributed by atoms with van der Waals surface area (Å²) in [4.78, 5) is 4.21. The molecule has 2 rings (SSSR count). The van der Waals surface area contributed by atoms with Gasteiger partial charge in [-0.15, -0.1) is 0 Å². The SMILES string of the molecule is Cc1ccncc1C(Cc1ccc(C(C)(C)C)cc1)NN. The van der Waals surface area contributed by atoms with Crippen molar-refractivity contribution in [3.05, 3.63) is 65.0 Å². The first kappa shape index (κ1) is 15.7. The number of hydrogen-bond donors (Lipinski definition) is 2. The van der Waals surface area contributed by atoms with Crippen molar-refractivity contribution in [1.29, 1.82) is 0 Å². The van der Waals surface area contributed by atoms with Crippen LogP contribution in [-0.4, -0.2) is 4.98 Å². The molecule has 1 unspecified atom stereocenters. The smallest absolute Gasteiger partial charge is 0.0518 e. The summed E-state index contributed by atoms with van der Waals surface area (Å²) in [5, 5.41) is 0. The fraction of sp³-hybridized carbons (Fsp3) is 0.389. The van der Waals surface area contributed by atoms with Crippen molar-refractivity contribution in [1.82, 2.24) is 10.4 Å². The van der Waals surface area contributed by atoms with Gasteiger partial charge in [0.15, 0.2) is 0 Å². The Morgan fingerprint density at radius 3 is 2.33 bits per heavy atom. The van der Waals surface area contributed by atoms with Crippen molar-refractivity contribution in [2.24, 2.45) is 5.84 Å². The predicted molar refractivity (Wildman–Crippen MR) is 87.9 cm³/mol. The number of benzene rings is 1. The number of aryl methyl sites for hydroxylation is 1. The van der Waals surface area contributed by atoms with Gasteiger partial charge in [-0.05, 0) is 47.1 Å². The molecule has 1 heterocycles. The summed E-state index contributed by atoms with van der Waals surface area (Å²) in [6.07, 6.45) is 4.56. The molecule has 1 atom stereocenters. The second-order valence-corrected chi connectivity index (χ2v) is 6.60. The molecule has 1 aromatic carbocycles. The van der Waals surface area contributed by atoms with Crippen LogP contribution in [-0.2, 0) is 11.8 Å². The Morgan fingerprint density at radius 1 is 1.14 bits per heavy atom. The second-order valence-electron chi connectivity index (χ2n) is 6.60. The van der Waals surface area contributed by atoms with E-state index in [0.717, 1.165) is 12.0 Å². The topological polar surface area (TPSA) is 50.9 Å². The van der Waals surface area contributed by atoms with Crippen LogP contribution in [0, 0.1) is 6.92 Å². The van der Waals surface area contributed by atoms with Gasteiger partial charge in [-0.1, -0.05) is 45.0 Å². The quantitative estimate of drug-likeness (QED) is 0.667. The number of hydrogen-bond acceptors (Lipinski definition) is 3. The highest BCUT2D eigenvalue weighted by Gasteiger charge is 2.15. The van der Waals surface area contributed by atoms with Crippen molar-refractivity contribution < 1.29 is 0 Å². The number of rotatable bonds is 4. The highest BCUT2D eigenvalue weighted by molar-refractivity contribution is 5.31. The van der Waals surface area contributed by atoms with Gasteiger partial charge in [-0.25, -0.2) is 0 Å². The van der Waals surface area contributed by atoms with Gasteiger partial charge in [-0.2, -0.15) is 0 Å². The van der Waals surface area contributed by atoms with Crippen LogP contribution in [0.15, 0.2) is 42.7 Å². The first-order valence-electron chi connectivity index (χ1n) is 7.38. The van der Waals surface area contributed by atoms with Gasteiger partial charge < -0.3 is 0 Å². The molecular weight excluding hydrogens is 258 g/mol. The largest absolute Gasteiger partial charge is 0.271 e. The molecule has 0 saturated heterocycles. The third kappa shape index (κ3) is 3.90. The van der Waals surface area contributed by atoms with Crippen LogP contribution in [0.5, 0.6) is 0 Å². The lowest BCUT2D eigenvalue weighted by molar-refractivity contribution is 0.546. The molecule has 21 heavy (non-hydrogen) atoms. The monoisotopic (exact) mass is 283 g/mol. The summed E-state index contributed by atoms with van der Waals surface area (Å²) in [6, 6.07) is 10.9. The van der Waals surface area contributed by atoms with Gasteiger partial charge in [-0.3, -0.25) is 16.3 Å². The summed E-state index contributed by atoms with van der Waals surface area (Å²) in [7, 11) is 0. The summed E-state index contributed by atoms with van der Waals surface area (Å²) in [5.41, 5.74) is 8.08. The maximum atomic E-state index is 5.74. The van der Waals surface area contributed by atoms with Crippen LogP contribution < -0.4 is 11.3 Å². The molecule has 0 aliphatic rings. The number of nitrogens with one attached hydrogen (secondary N) is 1. The zero-order valence-electron chi connectivity index (χ0n) is 13.4. The van der Waals surface area contributed by atoms with Crippen LogP contribution in [0.1, 0.15) is 49.1 Å². The lowest BCUT2D eigenvalue weighted by Gasteiger charge is -2.21. The highest BCUT2D eigenvalue weighted by Crippen LogP contribution is 2.24. The van der Waals surface area contributed by atoms with Crippen LogP contribution in [0.25, 0.3) is 0 Å². The minimum absolute atomic E-state index is 0.0826. The van der Waals surface area contributed by atoms with Crippen LogP contribution >= 0.6 is 0 Å². The maximum Gasteiger partial charge on any atom is 0.0518 e. The van der Waals surface area contributed by atoms with E-state index in [-0.39, 0.29) is 11.5 Å². The summed E-state index contributed by atoms with van der Waals surface area (Å²) < 4.78 is 0. The summed E-state index contributed by atoms with van der Waals surface area (Å²) in [5.74, 6) is 5.74. The van der Waals surface area contributed by atoms with Crippen molar-refractivity contribution in [2.75, 3.05) is 0 Å². The molecule has 112 valence electrons. The number of hydrazine groups is 1. The Morgan fingerprint density at radius 2 is 1.81 bits per heavy atom. The standard InChI is InChI=1S/C18H25N3/c1-13-9-10-20-12-16(13)17(21-19)11-14-5-7-15(8-6-14)18(2,3)4/h5-10,12,17,21H,11,19H2,1-4H3. The molecule has 1 aromatic heterocycles. The summed E-state index contributed by atoms with van der Waals surface area (Å²) in [6.45, 7) is 8.77. The van der Waals surface area contributed by atoms with E-state index in [1.54, 1.807) is 0 Å². The van der Waals surface area contributed by atoms with Crippen molar-refractivity contribution in [3.63, 3.8) is 0 Å². The Balaban J connectivity index is 2.18. The molecule has 0 aliphatic carbocycles. The van der Waals surface area contributed by atoms with E-state index < -0.39 is 0 Å². The molecule has 0 fully saturated rings. The lowest BCUT2D eigenvalue weighted by Crippen LogP contribution is -2.30. The number of nitrogens with zero attached hydrogens (tertiary/aromatic N) is 1. The predicted octanol–water partition coefficient (Wildman–Crippen LogP) is 3.43. The average molecular weight is 283 g/mol. The van der Waals surface area contributed by atoms with Gasteiger partial charge >= 0.3 is 0 Å². The molecule has 0 spiro atoms. The molecule has 0 radical (unpaired) electrons. The third-order valence-corrected chi connectivity index (χ3v) is 3.92. The van der Waals surface area contributed by atoms with Gasteiger partial charge in [0.1, 0.15) is 0 Å². The van der Waals surface area contributed by atoms with Crippen molar-refractivity contribution in [2.45, 2.75) is 45.6 Å². The highest BCUT2D eigenvalue weighted by atomic mass is 15.2. The van der Waals surface area contributed by atoms with E-state index in [1.807, 2.05) is 18.5 Å². The van der Waals surface area contributed by atoms with Crippen molar-refractivity contribution in [3.8, 4) is 0 Å². The first-order valence-corrected chi connectivity index (χ1v) is 7.38. The van der Waals surface area contributed by atoms with Crippen LogP contribution in [0.3, 0.4) is 0 Å². The van der Waals surface area contributed by atoms with Gasteiger partial charge in [0.2, 0.25) is 0 Å². The Bertz CT molecular complexity index is 582. The van der Waals surface area contributed by atoms with Crippen LogP contribution in [0.2, 0.25) is 0 Å². The van der Waals surface area contributed by atoms with E-state index in [9.17, 15) is 0 Å². The van der Waals surface area contributed by atoms with E-state index >= 15 is 0 Å². The van der Waals surface area contributed by atoms with Crippen molar-refractivity contribution >= 4 is 0 Å². The van der Waals surface area contributed by atoms with E-state index in [2.05, 4.69) is 62.4 Å². The number of nitrogens with two attached hydrogens (primary N) is 1. The minimum Gasteiger partial charge on any atom is -0.271 e. The van der Waals surface area contributed by atoms with E-state index in [0.29, 0.717) is 0 Å². The molecule has 3 nitrogen and oxygen atoms in total. The minimum atomic E-state index is 0.0826. The molecule has 0 aliphatic heterocycles. The normalized spacial score (nSPS) is 13.2. The third-order valence-electron chi connectivity index (χ3n) is 3.92. The average Bonchev–Trinajstić information content (AvgIpc) is 2.45. The van der Waals surface area contributed by atoms with Gasteiger partial charge in [0.25, 0.3) is 0 Å². The zero-order chi connectivity index (χ0) is 15.5. The molecule has 0 amide bonds. The maximum absolute atomic E-state index is 5.74. The van der Waals surface area contributed by atoms with Gasteiger partial charge in [0.05, 0.1) is 6.04 Å². The molecule has 3 N–H and O–H groups in total. The molecule has 3 heteroatoms. The molecule has 2 aromatic rings. The first-order chi connectivity index (χ1) is 9.91. The molecular formula is C18H25N3. The molecule has 0 saturated carbocycles. The Hall–Kier alpha value is -1.71. The van der Waals surface area contributed by atoms with E-state index in [1.165, 1.54) is 16.7 Å². The fourth-order valence-electron chi connectivity index (χ4n) is 2.48. The number of aromatic nitrogens is 1. The second kappa shape index (κ2) is 6.37. The summed E-state index contributed by atoms with van der Waals surface area (Å²) >= 11 is 0. The molecule has 0 bridgehead atoms. The lowest BCUT2D eigenvalue weighted by atomic mass is 9.86. The van der Waals surface area contributed by atoms with E-state index in [4.69, 9.17) is 5.84 Å². The van der Waals surface area contributed by atoms with Gasteiger partial charge in [0, 0.05) is 12.4 Å². The van der Waals surface area contributed by atoms with Crippen LogP contribution in [0.4, 0.5) is 0 Å². The number of pyridine rings is 1. The zero-order valence-corrected chi connectivity index (χ0v) is 13.4. The Kier molecular flexibility index (Phi) is 4.76. The fourth-order valence-corrected chi connectivity index (χ4v) is 2.48. The Labute approximate surface area is 127 Å².